The highest BCUT2D eigenvalue weighted by Gasteiger charge is 2.60. The van der Waals surface area contributed by atoms with E-state index < -0.39 is 29.6 Å². The lowest BCUT2D eigenvalue weighted by Gasteiger charge is -2.38. The lowest BCUT2D eigenvalue weighted by molar-refractivity contribution is -0.142. The van der Waals surface area contributed by atoms with E-state index in [0.717, 1.165) is 33.4 Å². The smallest absolute Gasteiger partial charge is 0.319 e. The predicted octanol–water partition coefficient (Wildman–Crippen LogP) is 4.86. The molecule has 2 amide bonds. The van der Waals surface area contributed by atoms with E-state index in [1.165, 1.54) is 4.90 Å². The van der Waals surface area contributed by atoms with E-state index in [1.807, 2.05) is 75.4 Å². The summed E-state index contributed by atoms with van der Waals surface area (Å²) < 4.78 is 16.9. The minimum Gasteiger partial charge on any atom is -0.454 e. The highest BCUT2D eigenvalue weighted by atomic mass is 16.7. The van der Waals surface area contributed by atoms with E-state index in [4.69, 9.17) is 14.2 Å². The Hall–Kier alpha value is -4.39. The van der Waals surface area contributed by atoms with Crippen molar-refractivity contribution < 1.29 is 28.6 Å². The molecular formula is C31H25NO6. The van der Waals surface area contributed by atoms with Crippen LogP contribution in [0.25, 0.3) is 5.57 Å². The first-order valence-corrected chi connectivity index (χ1v) is 12.7. The number of hydrogen-bond acceptors (Lipinski definition) is 6. The first kappa shape index (κ1) is 22.8. The number of carbonyl (C=O) groups is 3. The van der Waals surface area contributed by atoms with Crippen molar-refractivity contribution in [3.8, 4) is 17.2 Å². The molecule has 0 saturated carbocycles. The number of nitrogens with zero attached hydrogens (tertiary/aromatic N) is 1. The highest BCUT2D eigenvalue weighted by molar-refractivity contribution is 6.25. The Morgan fingerprint density at radius 3 is 2.32 bits per heavy atom. The number of hydrogen-bond donors (Lipinski definition) is 0. The zero-order valence-corrected chi connectivity index (χ0v) is 21.2. The molecule has 190 valence electrons. The van der Waals surface area contributed by atoms with Gasteiger partial charge in [0, 0.05) is 11.5 Å². The summed E-state index contributed by atoms with van der Waals surface area (Å²) in [6, 6.07) is 17.0. The Morgan fingerprint density at radius 2 is 1.50 bits per heavy atom. The van der Waals surface area contributed by atoms with E-state index in [-0.39, 0.29) is 18.6 Å². The van der Waals surface area contributed by atoms with Gasteiger partial charge in [0.05, 0.1) is 23.4 Å². The molecule has 3 aliphatic heterocycles. The van der Waals surface area contributed by atoms with Crippen molar-refractivity contribution in [1.82, 2.24) is 0 Å². The quantitative estimate of drug-likeness (QED) is 0.280. The van der Waals surface area contributed by atoms with Crippen LogP contribution < -0.4 is 19.1 Å². The molecule has 0 spiro atoms. The number of imide groups is 1. The van der Waals surface area contributed by atoms with Crippen LogP contribution in [0.5, 0.6) is 17.2 Å². The molecule has 3 heterocycles. The Bertz CT molecular complexity index is 1600. The summed E-state index contributed by atoms with van der Waals surface area (Å²) in [5, 5.41) is 0. The first-order valence-electron chi connectivity index (χ1n) is 12.7. The molecule has 7 nitrogen and oxygen atoms in total. The van der Waals surface area contributed by atoms with Gasteiger partial charge in [-0.15, -0.1) is 0 Å². The van der Waals surface area contributed by atoms with Crippen LogP contribution in [-0.2, 0) is 14.4 Å². The van der Waals surface area contributed by atoms with Crippen LogP contribution in [0.15, 0.2) is 60.7 Å². The fraction of sp³-hybridized carbons (Fsp3) is 0.258. The maximum atomic E-state index is 14.1. The maximum absolute atomic E-state index is 14.1. The van der Waals surface area contributed by atoms with Crippen LogP contribution in [0.3, 0.4) is 0 Å². The lowest BCUT2D eigenvalue weighted by atomic mass is 9.64. The topological polar surface area (TPSA) is 82.1 Å². The second kappa shape index (κ2) is 8.05. The van der Waals surface area contributed by atoms with E-state index in [9.17, 15) is 14.4 Å². The predicted molar refractivity (Wildman–Crippen MR) is 139 cm³/mol. The van der Waals surface area contributed by atoms with Crippen molar-refractivity contribution in [2.24, 2.45) is 17.8 Å². The van der Waals surface area contributed by atoms with Crippen molar-refractivity contribution in [2.45, 2.75) is 26.7 Å². The highest BCUT2D eigenvalue weighted by Crippen LogP contribution is 2.55. The number of fused-ring (bicyclic) bond motifs is 6. The zero-order chi connectivity index (χ0) is 26.3. The van der Waals surface area contributed by atoms with Gasteiger partial charge in [0.15, 0.2) is 11.5 Å². The number of esters is 1. The van der Waals surface area contributed by atoms with Gasteiger partial charge in [0.1, 0.15) is 5.75 Å². The third kappa shape index (κ3) is 3.17. The average molecular weight is 508 g/mol. The molecule has 4 aliphatic rings. The van der Waals surface area contributed by atoms with Crippen molar-refractivity contribution in [3.63, 3.8) is 0 Å². The van der Waals surface area contributed by atoms with Crippen LogP contribution in [0.2, 0.25) is 0 Å². The van der Waals surface area contributed by atoms with Crippen molar-refractivity contribution in [3.05, 3.63) is 88.5 Å². The van der Waals surface area contributed by atoms with Gasteiger partial charge in [-0.2, -0.15) is 0 Å². The van der Waals surface area contributed by atoms with E-state index in [0.29, 0.717) is 22.9 Å². The first-order chi connectivity index (χ1) is 18.3. The Kier molecular flexibility index (Phi) is 4.83. The summed E-state index contributed by atoms with van der Waals surface area (Å²) in [6.45, 7) is 5.92. The van der Waals surface area contributed by atoms with Crippen LogP contribution in [0.4, 0.5) is 5.69 Å². The largest absolute Gasteiger partial charge is 0.454 e. The molecule has 0 aromatic heterocycles. The summed E-state index contributed by atoms with van der Waals surface area (Å²) in [5.74, 6) is -2.45. The molecule has 4 atom stereocenters. The third-order valence-corrected chi connectivity index (χ3v) is 8.13. The molecule has 0 radical (unpaired) electrons. The number of anilines is 1. The van der Waals surface area contributed by atoms with E-state index in [2.05, 4.69) is 0 Å². The van der Waals surface area contributed by atoms with Crippen molar-refractivity contribution in [2.75, 3.05) is 11.7 Å². The summed E-state index contributed by atoms with van der Waals surface area (Å²) in [4.78, 5) is 43.0. The summed E-state index contributed by atoms with van der Waals surface area (Å²) in [6.07, 6.45) is 1.98. The molecule has 7 heteroatoms. The molecule has 0 N–H and O–H groups in total. The summed E-state index contributed by atoms with van der Waals surface area (Å²) >= 11 is 0. The van der Waals surface area contributed by atoms with E-state index in [1.54, 1.807) is 6.07 Å². The molecule has 0 unspecified atom stereocenters. The number of ether oxygens (including phenoxy) is 3. The minimum atomic E-state index is -0.888. The van der Waals surface area contributed by atoms with Gasteiger partial charge in [0.25, 0.3) is 0 Å². The van der Waals surface area contributed by atoms with Crippen molar-refractivity contribution >= 4 is 29.0 Å². The number of amides is 2. The number of aryl methyl sites for hydroxylation is 3. The van der Waals surface area contributed by atoms with Crippen LogP contribution in [0.1, 0.15) is 33.7 Å². The van der Waals surface area contributed by atoms with Crippen LogP contribution >= 0.6 is 0 Å². The third-order valence-electron chi connectivity index (χ3n) is 8.13. The monoisotopic (exact) mass is 507 g/mol. The minimum absolute atomic E-state index is 0.134. The fourth-order valence-electron chi connectivity index (χ4n) is 6.41. The van der Waals surface area contributed by atoms with Crippen molar-refractivity contribution in [1.29, 1.82) is 0 Å². The van der Waals surface area contributed by atoms with Gasteiger partial charge >= 0.3 is 5.97 Å². The number of allylic oxidation sites excluding steroid dienone is 1. The second-order valence-electron chi connectivity index (χ2n) is 10.5. The van der Waals surface area contributed by atoms with E-state index >= 15 is 0 Å². The number of carbonyl (C=O) groups excluding carboxylic acids is 3. The Morgan fingerprint density at radius 1 is 0.763 bits per heavy atom. The molecular weight excluding hydrogens is 482 g/mol. The average Bonchev–Trinajstić information content (AvgIpc) is 3.46. The van der Waals surface area contributed by atoms with Gasteiger partial charge in [-0.25, -0.2) is 4.90 Å². The Labute approximate surface area is 219 Å². The second-order valence-corrected chi connectivity index (χ2v) is 10.5. The number of rotatable bonds is 2. The molecule has 38 heavy (non-hydrogen) atoms. The zero-order valence-electron chi connectivity index (χ0n) is 21.2. The maximum Gasteiger partial charge on any atom is 0.319 e. The van der Waals surface area contributed by atoms with Gasteiger partial charge in [0.2, 0.25) is 18.6 Å². The molecule has 3 aromatic rings. The SMILES string of the molecule is Cc1ccc(N2C(=O)[C@@H]3[C@@H]4C(=O)Oc5cc(C)ccc5C4=C[C@H](c4ccc5c(c4)OCO5)[C@@H]3C2=O)c(C)c1. The van der Waals surface area contributed by atoms with Gasteiger partial charge < -0.3 is 14.2 Å². The normalized spacial score (nSPS) is 25.0. The molecule has 3 aromatic carbocycles. The van der Waals surface area contributed by atoms with Crippen LogP contribution in [0, 0.1) is 38.5 Å². The van der Waals surface area contributed by atoms with Gasteiger partial charge in [-0.3, -0.25) is 14.4 Å². The van der Waals surface area contributed by atoms with Gasteiger partial charge in [-0.1, -0.05) is 42.0 Å². The fourth-order valence-corrected chi connectivity index (χ4v) is 6.41. The molecule has 1 fully saturated rings. The standard InChI is InChI=1S/C31H25NO6/c1-15-5-8-22(17(3)10-15)32-29(33)26-20(18-6-9-23-25(12-18)37-14-36-23)13-21-19-7-4-16(2)11-24(19)38-31(35)27(21)28(26)30(32)34/h4-13,20,26-28H,14H2,1-3H3/t20-,26+,27-,28+/m1/s1. The molecule has 0 bridgehead atoms. The molecule has 1 aliphatic carbocycles. The van der Waals surface area contributed by atoms with Gasteiger partial charge in [-0.05, 0) is 67.3 Å². The molecule has 7 rings (SSSR count). The summed E-state index contributed by atoms with van der Waals surface area (Å²) in [5.41, 5.74) is 5.69. The number of benzene rings is 3. The molecule has 1 saturated heterocycles. The lowest BCUT2D eigenvalue weighted by Crippen LogP contribution is -2.42. The van der Waals surface area contributed by atoms with Crippen LogP contribution in [-0.4, -0.2) is 24.6 Å². The Balaban J connectivity index is 1.43. The summed E-state index contributed by atoms with van der Waals surface area (Å²) in [7, 11) is 0.